The Morgan fingerprint density at radius 2 is 1.29 bits per heavy atom. The summed E-state index contributed by atoms with van der Waals surface area (Å²) in [6.07, 6.45) is 7.64. The van der Waals surface area contributed by atoms with Gasteiger partial charge in [0, 0.05) is 37.6 Å². The van der Waals surface area contributed by atoms with Crippen molar-refractivity contribution in [3.63, 3.8) is 0 Å². The fourth-order valence-corrected chi connectivity index (χ4v) is 9.31. The van der Waals surface area contributed by atoms with Gasteiger partial charge in [0.25, 0.3) is 0 Å². The van der Waals surface area contributed by atoms with Crippen LogP contribution in [-0.4, -0.2) is 6.61 Å². The highest BCUT2D eigenvalue weighted by Crippen LogP contribution is 2.47. The van der Waals surface area contributed by atoms with E-state index in [0.29, 0.717) is 0 Å². The lowest BCUT2D eigenvalue weighted by Crippen LogP contribution is -2.10. The van der Waals surface area contributed by atoms with Gasteiger partial charge in [0.15, 0.2) is 0 Å². The molecule has 210 valence electrons. The fraction of sp³-hybridized carbons (Fsp3) is 0.278. The molecule has 3 aromatic carbocycles. The molecule has 6 rings (SSSR count). The average Bonchev–Trinajstić information content (AvgIpc) is 3.66. The van der Waals surface area contributed by atoms with Crippen molar-refractivity contribution in [2.75, 3.05) is 11.5 Å². The molecule has 0 amide bonds. The summed E-state index contributed by atoms with van der Waals surface area (Å²) in [7, 11) is 0. The number of anilines is 3. The van der Waals surface area contributed by atoms with Crippen LogP contribution in [0.2, 0.25) is 0 Å². The molecule has 0 unspecified atom stereocenters. The van der Waals surface area contributed by atoms with Gasteiger partial charge in [0.2, 0.25) is 0 Å². The number of rotatable bonds is 12. The van der Waals surface area contributed by atoms with Crippen LogP contribution in [0.15, 0.2) is 84.2 Å². The summed E-state index contributed by atoms with van der Waals surface area (Å²) < 4.78 is 11.8. The molecular formula is C36H37NOS3. The number of hydrogen-bond donors (Lipinski definition) is 0. The minimum absolute atomic E-state index is 0.784. The second-order valence-corrected chi connectivity index (χ2v) is 14.0. The quantitative estimate of drug-likeness (QED) is 0.130. The number of fused-ring (bicyclic) bond motifs is 3. The Labute approximate surface area is 255 Å². The van der Waals surface area contributed by atoms with Gasteiger partial charge in [-0.15, -0.1) is 34.0 Å². The Morgan fingerprint density at radius 1 is 0.659 bits per heavy atom. The smallest absolute Gasteiger partial charge is 0.119 e. The third-order valence-corrected chi connectivity index (χ3v) is 11.2. The van der Waals surface area contributed by atoms with Crippen molar-refractivity contribution in [3.05, 3.63) is 94.7 Å². The lowest BCUT2D eigenvalue weighted by atomic mass is 10.1. The monoisotopic (exact) mass is 595 g/mol. The summed E-state index contributed by atoms with van der Waals surface area (Å²) in [5, 5.41) is 2.33. The van der Waals surface area contributed by atoms with E-state index in [-0.39, 0.29) is 0 Å². The van der Waals surface area contributed by atoms with Gasteiger partial charge in [-0.1, -0.05) is 68.9 Å². The number of thiophene rings is 3. The van der Waals surface area contributed by atoms with E-state index in [1.54, 1.807) is 0 Å². The van der Waals surface area contributed by atoms with Crippen LogP contribution in [-0.2, 0) is 0 Å². The van der Waals surface area contributed by atoms with Crippen molar-refractivity contribution in [3.8, 4) is 16.9 Å². The Morgan fingerprint density at radius 3 is 2.00 bits per heavy atom. The lowest BCUT2D eigenvalue weighted by Gasteiger charge is -2.26. The Kier molecular flexibility index (Phi) is 8.75. The van der Waals surface area contributed by atoms with Gasteiger partial charge in [0.1, 0.15) is 5.75 Å². The Balaban J connectivity index is 1.22. The first kappa shape index (κ1) is 28.0. The molecule has 5 heteroatoms. The highest BCUT2D eigenvalue weighted by atomic mass is 32.1. The zero-order valence-corrected chi connectivity index (χ0v) is 26.6. The summed E-state index contributed by atoms with van der Waals surface area (Å²) in [6.45, 7) is 7.38. The standard InChI is InChI=1S/C36H37NOS3/c1-4-5-6-7-8-9-22-38-31-20-18-30(19-21-31)37(28-14-10-25(2)11-15-28)29-16-12-27(13-17-29)32-24-39-36-34(32)41-33-23-26(3)40-35(33)36/h10-21,23-24H,4-9,22H2,1-3H3. The first-order chi connectivity index (χ1) is 20.1. The number of nitrogens with zero attached hydrogens (tertiary/aromatic N) is 1. The van der Waals surface area contributed by atoms with Crippen molar-refractivity contribution in [1.82, 2.24) is 0 Å². The van der Waals surface area contributed by atoms with Crippen LogP contribution < -0.4 is 9.64 Å². The molecule has 41 heavy (non-hydrogen) atoms. The van der Waals surface area contributed by atoms with E-state index in [4.69, 9.17) is 4.74 Å². The molecule has 0 saturated carbocycles. The molecule has 0 fully saturated rings. The van der Waals surface area contributed by atoms with Crippen molar-refractivity contribution >= 4 is 69.9 Å². The zero-order chi connectivity index (χ0) is 28.2. The third-order valence-electron chi connectivity index (χ3n) is 7.58. The molecule has 2 nitrogen and oxygen atoms in total. The number of benzene rings is 3. The number of aryl methyl sites for hydroxylation is 2. The van der Waals surface area contributed by atoms with Gasteiger partial charge >= 0.3 is 0 Å². The maximum absolute atomic E-state index is 6.07. The van der Waals surface area contributed by atoms with E-state index in [1.807, 2.05) is 34.0 Å². The summed E-state index contributed by atoms with van der Waals surface area (Å²) in [5.74, 6) is 0.939. The van der Waals surface area contributed by atoms with Crippen molar-refractivity contribution in [2.45, 2.75) is 59.3 Å². The number of hydrogen-bond acceptors (Lipinski definition) is 5. The molecule has 3 heterocycles. The predicted molar refractivity (Wildman–Crippen MR) is 184 cm³/mol. The maximum atomic E-state index is 6.07. The molecule has 0 aliphatic carbocycles. The predicted octanol–water partition coefficient (Wildman–Crippen LogP) is 12.7. The summed E-state index contributed by atoms with van der Waals surface area (Å²) >= 11 is 5.72. The van der Waals surface area contributed by atoms with Crippen LogP contribution in [0.25, 0.3) is 29.9 Å². The molecule has 6 aromatic rings. The fourth-order valence-electron chi connectivity index (χ4n) is 5.33. The van der Waals surface area contributed by atoms with Gasteiger partial charge in [0.05, 0.1) is 20.7 Å². The zero-order valence-electron chi connectivity index (χ0n) is 24.1. The minimum atomic E-state index is 0.784. The topological polar surface area (TPSA) is 12.5 Å². The Hall–Kier alpha value is -3.12. The van der Waals surface area contributed by atoms with Crippen LogP contribution in [0.1, 0.15) is 55.9 Å². The van der Waals surface area contributed by atoms with E-state index < -0.39 is 0 Å². The van der Waals surface area contributed by atoms with E-state index in [2.05, 4.69) is 110 Å². The molecular weight excluding hydrogens is 559 g/mol. The number of ether oxygens (including phenoxy) is 1. The average molecular weight is 596 g/mol. The van der Waals surface area contributed by atoms with Gasteiger partial charge < -0.3 is 9.64 Å². The highest BCUT2D eigenvalue weighted by Gasteiger charge is 2.17. The SMILES string of the molecule is CCCCCCCCOc1ccc(N(c2ccc(C)cc2)c2ccc(-c3csc4c3sc3cc(C)sc34)cc2)cc1. The second kappa shape index (κ2) is 12.8. The van der Waals surface area contributed by atoms with Crippen LogP contribution in [0.5, 0.6) is 5.75 Å². The molecule has 0 N–H and O–H groups in total. The van der Waals surface area contributed by atoms with E-state index in [1.165, 1.54) is 72.5 Å². The molecule has 0 radical (unpaired) electrons. The van der Waals surface area contributed by atoms with Crippen LogP contribution >= 0.6 is 34.0 Å². The van der Waals surface area contributed by atoms with Crippen molar-refractivity contribution in [2.24, 2.45) is 0 Å². The first-order valence-electron chi connectivity index (χ1n) is 14.7. The van der Waals surface area contributed by atoms with E-state index >= 15 is 0 Å². The van der Waals surface area contributed by atoms with Crippen molar-refractivity contribution in [1.29, 1.82) is 0 Å². The number of unbranched alkanes of at least 4 members (excludes halogenated alkanes) is 5. The summed E-state index contributed by atoms with van der Waals surface area (Å²) in [6, 6.07) is 28.7. The Bertz CT molecular complexity index is 1710. The van der Waals surface area contributed by atoms with Crippen LogP contribution in [0.3, 0.4) is 0 Å². The van der Waals surface area contributed by atoms with Crippen LogP contribution in [0, 0.1) is 13.8 Å². The molecule has 0 bridgehead atoms. The van der Waals surface area contributed by atoms with Gasteiger partial charge in [-0.05, 0) is 80.4 Å². The molecule has 0 spiro atoms. The maximum Gasteiger partial charge on any atom is 0.119 e. The normalized spacial score (nSPS) is 11.5. The van der Waals surface area contributed by atoms with Gasteiger partial charge in [-0.2, -0.15) is 0 Å². The van der Waals surface area contributed by atoms with E-state index in [9.17, 15) is 0 Å². The molecule has 0 aliphatic rings. The highest BCUT2D eigenvalue weighted by molar-refractivity contribution is 7.38. The summed E-state index contributed by atoms with van der Waals surface area (Å²) in [5.41, 5.74) is 7.29. The largest absolute Gasteiger partial charge is 0.494 e. The third kappa shape index (κ3) is 6.23. The molecule has 0 saturated heterocycles. The minimum Gasteiger partial charge on any atom is -0.494 e. The summed E-state index contributed by atoms with van der Waals surface area (Å²) in [4.78, 5) is 3.72. The lowest BCUT2D eigenvalue weighted by molar-refractivity contribution is 0.304. The van der Waals surface area contributed by atoms with Crippen LogP contribution in [0.4, 0.5) is 17.1 Å². The second-order valence-electron chi connectivity index (χ2n) is 10.8. The van der Waals surface area contributed by atoms with Gasteiger partial charge in [-0.3, -0.25) is 0 Å². The van der Waals surface area contributed by atoms with Crippen molar-refractivity contribution < 1.29 is 4.74 Å². The van der Waals surface area contributed by atoms with E-state index in [0.717, 1.165) is 35.8 Å². The molecule has 0 atom stereocenters. The molecule has 3 aromatic heterocycles. The first-order valence-corrected chi connectivity index (χ1v) is 17.2. The molecule has 0 aliphatic heterocycles. The van der Waals surface area contributed by atoms with Gasteiger partial charge in [-0.25, -0.2) is 0 Å².